The molecule has 0 radical (unpaired) electrons. The number of aromatic nitrogens is 1. The quantitative estimate of drug-likeness (QED) is 0.168. The minimum atomic E-state index is 0.274. The molecule has 0 atom stereocenters. The molecule has 3 nitrogen and oxygen atoms in total. The number of para-hydroxylation sites is 1. The van der Waals surface area contributed by atoms with Gasteiger partial charge in [0.05, 0.1) is 11.6 Å². The van der Waals surface area contributed by atoms with E-state index in [1.165, 1.54) is 64.4 Å². The number of hydrogen-bond acceptors (Lipinski definition) is 2. The van der Waals surface area contributed by atoms with Crippen molar-refractivity contribution in [3.63, 3.8) is 0 Å². The van der Waals surface area contributed by atoms with Crippen LogP contribution in [-0.4, -0.2) is 4.57 Å². The van der Waals surface area contributed by atoms with Crippen LogP contribution in [0.4, 0.5) is 5.69 Å². The Morgan fingerprint density at radius 1 is 0.809 bits per heavy atom. The van der Waals surface area contributed by atoms with Gasteiger partial charge in [-0.25, -0.2) is 0 Å². The number of hydrogen-bond donors (Lipinski definition) is 1. The number of rotatable bonds is 10. The van der Waals surface area contributed by atoms with E-state index in [0.29, 0.717) is 5.56 Å². The molecule has 3 heteroatoms. The van der Waals surface area contributed by atoms with Crippen molar-refractivity contribution in [3.8, 4) is 17.2 Å². The van der Waals surface area contributed by atoms with E-state index in [-0.39, 0.29) is 5.41 Å². The van der Waals surface area contributed by atoms with E-state index in [1.54, 1.807) is 0 Å². The summed E-state index contributed by atoms with van der Waals surface area (Å²) >= 11 is 0. The summed E-state index contributed by atoms with van der Waals surface area (Å²) in [5.74, 6) is 0. The molecule has 0 amide bonds. The fourth-order valence-electron chi connectivity index (χ4n) is 6.40. The van der Waals surface area contributed by atoms with Crippen molar-refractivity contribution in [2.75, 3.05) is 5.32 Å². The van der Waals surface area contributed by atoms with Gasteiger partial charge in [0.1, 0.15) is 0 Å². The minimum absolute atomic E-state index is 0.274. The van der Waals surface area contributed by atoms with Gasteiger partial charge in [-0.2, -0.15) is 5.26 Å². The summed E-state index contributed by atoms with van der Waals surface area (Å²) in [5.41, 5.74) is 12.2. The van der Waals surface area contributed by atoms with Crippen molar-refractivity contribution in [1.82, 2.24) is 4.57 Å². The first-order valence-electron chi connectivity index (χ1n) is 17.2. The molecule has 5 rings (SSSR count). The van der Waals surface area contributed by atoms with Gasteiger partial charge in [0.25, 0.3) is 0 Å². The van der Waals surface area contributed by atoms with E-state index in [4.69, 9.17) is 5.26 Å². The summed E-state index contributed by atoms with van der Waals surface area (Å²) < 4.78 is 2.19. The molecule has 0 fully saturated rings. The third-order valence-corrected chi connectivity index (χ3v) is 8.84. The Hall–Kier alpha value is -4.55. The number of nitrogens with zero attached hydrogens (tertiary/aromatic N) is 2. The summed E-state index contributed by atoms with van der Waals surface area (Å²) in [6.07, 6.45) is 9.16. The molecule has 0 saturated heterocycles. The Labute approximate surface area is 285 Å². The lowest BCUT2D eigenvalue weighted by Gasteiger charge is -2.30. The smallest absolute Gasteiger partial charge is 0.0991 e. The second-order valence-corrected chi connectivity index (χ2v) is 12.9. The average Bonchev–Trinajstić information content (AvgIpc) is 3.40. The second-order valence-electron chi connectivity index (χ2n) is 12.9. The van der Waals surface area contributed by atoms with E-state index in [2.05, 4.69) is 157 Å². The number of nitriles is 1. The average molecular weight is 626 g/mol. The molecule has 1 heterocycles. The van der Waals surface area contributed by atoms with Gasteiger partial charge in [0, 0.05) is 35.5 Å². The molecule has 5 aromatic rings. The van der Waals surface area contributed by atoms with Crippen LogP contribution < -0.4 is 5.32 Å². The molecule has 0 spiro atoms. The topological polar surface area (TPSA) is 40.8 Å². The standard InChI is InChI=1S/C21H25N.C12H17N.C11H13N/c1-4-13-21(3,14-5-2)20-11-9-18(10-12-20)19-8-6-7-17(15-19)16-22;1-5-11(4)13-12-7-9(2)6-10(3)8-12;1-3-9-8-12(2)11-7-5-4-6-10(9)11/h6-12,15H,4-5,13-14H2,1-3H3;6-8,13H,4-5H2,1-3H3;4-8H,3H2,1-2H3. The number of nitrogens with one attached hydrogen (secondary N) is 1. The van der Waals surface area contributed by atoms with Crippen molar-refractivity contribution in [3.05, 3.63) is 137 Å². The largest absolute Gasteiger partial charge is 0.359 e. The van der Waals surface area contributed by atoms with Gasteiger partial charge in [-0.15, -0.1) is 0 Å². The lowest BCUT2D eigenvalue weighted by atomic mass is 9.75. The monoisotopic (exact) mass is 625 g/mol. The van der Waals surface area contributed by atoms with Gasteiger partial charge >= 0.3 is 0 Å². The van der Waals surface area contributed by atoms with Gasteiger partial charge in [0.15, 0.2) is 0 Å². The molecule has 0 aliphatic heterocycles. The van der Waals surface area contributed by atoms with Crippen LogP contribution in [0.25, 0.3) is 22.0 Å². The second kappa shape index (κ2) is 18.0. The molecule has 0 saturated carbocycles. The maximum absolute atomic E-state index is 9.03. The zero-order valence-electron chi connectivity index (χ0n) is 30.1. The van der Waals surface area contributed by atoms with Crippen molar-refractivity contribution >= 4 is 16.6 Å². The molecule has 0 aliphatic carbocycles. The molecule has 0 unspecified atom stereocenters. The molecule has 246 valence electrons. The zero-order valence-corrected chi connectivity index (χ0v) is 30.1. The molecular formula is C44H55N3. The maximum Gasteiger partial charge on any atom is 0.0991 e. The Morgan fingerprint density at radius 2 is 1.45 bits per heavy atom. The first-order chi connectivity index (χ1) is 22.6. The normalized spacial score (nSPS) is 10.7. The third kappa shape index (κ3) is 10.5. The lowest BCUT2D eigenvalue weighted by Crippen LogP contribution is -2.21. The van der Waals surface area contributed by atoms with Gasteiger partial charge in [0.2, 0.25) is 0 Å². The summed E-state index contributed by atoms with van der Waals surface area (Å²) in [6, 6.07) is 33.9. The highest BCUT2D eigenvalue weighted by atomic mass is 14.9. The van der Waals surface area contributed by atoms with Crippen molar-refractivity contribution in [1.29, 1.82) is 5.26 Å². The van der Waals surface area contributed by atoms with Crippen LogP contribution >= 0.6 is 0 Å². The van der Waals surface area contributed by atoms with E-state index < -0.39 is 0 Å². The summed E-state index contributed by atoms with van der Waals surface area (Å²) in [6.45, 7) is 19.3. The Kier molecular flexibility index (Phi) is 14.1. The van der Waals surface area contributed by atoms with Crippen molar-refractivity contribution < 1.29 is 0 Å². The summed E-state index contributed by atoms with van der Waals surface area (Å²) in [7, 11) is 2.10. The molecule has 1 N–H and O–H groups in total. The fraction of sp³-hybridized carbons (Fsp3) is 0.341. The van der Waals surface area contributed by atoms with Gasteiger partial charge < -0.3 is 9.88 Å². The number of aryl methyl sites for hydroxylation is 4. The minimum Gasteiger partial charge on any atom is -0.359 e. The maximum atomic E-state index is 9.03. The predicted molar refractivity (Wildman–Crippen MR) is 205 cm³/mol. The Bertz CT molecular complexity index is 1740. The van der Waals surface area contributed by atoms with Crippen LogP contribution in [-0.2, 0) is 18.9 Å². The molecule has 0 bridgehead atoms. The van der Waals surface area contributed by atoms with Gasteiger partial charge in [-0.3, -0.25) is 0 Å². The Balaban J connectivity index is 0.000000205. The van der Waals surface area contributed by atoms with Crippen LogP contribution in [0.2, 0.25) is 0 Å². The van der Waals surface area contributed by atoms with Crippen molar-refractivity contribution in [2.24, 2.45) is 7.05 Å². The highest BCUT2D eigenvalue weighted by molar-refractivity contribution is 5.83. The molecule has 1 aromatic heterocycles. The zero-order chi connectivity index (χ0) is 34.4. The van der Waals surface area contributed by atoms with Crippen LogP contribution in [0, 0.1) is 25.2 Å². The summed E-state index contributed by atoms with van der Waals surface area (Å²) in [4.78, 5) is 0. The molecule has 47 heavy (non-hydrogen) atoms. The fourth-order valence-corrected chi connectivity index (χ4v) is 6.40. The first-order valence-corrected chi connectivity index (χ1v) is 17.2. The lowest BCUT2D eigenvalue weighted by molar-refractivity contribution is 0.392. The number of allylic oxidation sites excluding steroid dienone is 1. The van der Waals surface area contributed by atoms with E-state index in [0.717, 1.165) is 29.8 Å². The molecular weight excluding hydrogens is 571 g/mol. The van der Waals surface area contributed by atoms with Gasteiger partial charge in [-0.1, -0.05) is 115 Å². The SMILES string of the molecule is C=C(CC)Nc1cc(C)cc(C)c1.CCCC(C)(CCC)c1ccc(-c2cccc(C#N)c2)cc1.CCc1cn(C)c2ccccc12. The summed E-state index contributed by atoms with van der Waals surface area (Å²) in [5, 5.41) is 13.7. The van der Waals surface area contributed by atoms with Crippen LogP contribution in [0.15, 0.2) is 109 Å². The molecule has 0 aliphatic rings. The van der Waals surface area contributed by atoms with E-state index in [1.807, 2.05) is 18.2 Å². The van der Waals surface area contributed by atoms with Gasteiger partial charge in [-0.05, 0) is 109 Å². The van der Waals surface area contributed by atoms with Crippen LogP contribution in [0.5, 0.6) is 0 Å². The Morgan fingerprint density at radius 3 is 2.02 bits per heavy atom. The van der Waals surface area contributed by atoms with E-state index >= 15 is 0 Å². The predicted octanol–water partition coefficient (Wildman–Crippen LogP) is 12.5. The number of fused-ring (bicyclic) bond motifs is 1. The van der Waals surface area contributed by atoms with Crippen LogP contribution in [0.3, 0.4) is 0 Å². The third-order valence-electron chi connectivity index (χ3n) is 8.84. The van der Waals surface area contributed by atoms with Crippen molar-refractivity contribution in [2.45, 2.75) is 92.4 Å². The first kappa shape index (κ1) is 36.9. The highest BCUT2D eigenvalue weighted by Crippen LogP contribution is 2.35. The van der Waals surface area contributed by atoms with E-state index in [9.17, 15) is 0 Å². The van der Waals surface area contributed by atoms with Crippen LogP contribution in [0.1, 0.15) is 94.5 Å². The number of benzene rings is 4. The highest BCUT2D eigenvalue weighted by Gasteiger charge is 2.24. The number of anilines is 1. The molecule has 4 aromatic carbocycles.